The average Bonchev–Trinajstić information content (AvgIpc) is 1.66. The number of carbonyl (C=O) groups is 5. The van der Waals surface area contributed by atoms with Crippen LogP contribution >= 0.6 is 0 Å². The van der Waals surface area contributed by atoms with Gasteiger partial charge in [-0.3, -0.25) is 37.8 Å². The summed E-state index contributed by atoms with van der Waals surface area (Å²) in [4.78, 5) is 74.4. The van der Waals surface area contributed by atoms with Crippen LogP contribution < -0.4 is 37.9 Å². The van der Waals surface area contributed by atoms with Gasteiger partial charge in [-0.1, -0.05) is 60.7 Å². The van der Waals surface area contributed by atoms with E-state index in [0.29, 0.717) is 129 Å². The number of carboxylic acid groups (broad SMARTS) is 1. The maximum atomic E-state index is 13.5. The summed E-state index contributed by atoms with van der Waals surface area (Å²) >= 11 is 0. The number of nitriles is 1. The van der Waals surface area contributed by atoms with Crippen molar-refractivity contribution >= 4 is 40.5 Å². The lowest BCUT2D eigenvalue weighted by atomic mass is 9.81. The first-order valence-electron chi connectivity index (χ1n) is 43.0. The number of nitrogens with one attached hydrogen (secondary N) is 1. The van der Waals surface area contributed by atoms with E-state index < -0.39 is 35.0 Å². The van der Waals surface area contributed by atoms with Crippen LogP contribution in [-0.4, -0.2) is 172 Å². The molecule has 652 valence electrons. The van der Waals surface area contributed by atoms with Crippen molar-refractivity contribution in [1.29, 1.82) is 5.26 Å². The van der Waals surface area contributed by atoms with Gasteiger partial charge in [0.2, 0.25) is 0 Å². The minimum absolute atomic E-state index is 0. The molecule has 21 rings (SSSR count). The number of hydrogen-bond donors (Lipinski definition) is 2. The molecule has 8 aliphatic rings. The van der Waals surface area contributed by atoms with Crippen LogP contribution in [0.5, 0.6) is 46.0 Å². The Morgan fingerprint density at radius 2 is 0.937 bits per heavy atom. The van der Waals surface area contributed by atoms with Gasteiger partial charge in [0.1, 0.15) is 74.6 Å². The molecule has 0 saturated carbocycles. The number of aromatic amines is 1. The number of nitrogens with zero attached hydrogens (tertiary/aromatic N) is 12. The lowest BCUT2D eigenvalue weighted by Crippen LogP contribution is -2.50. The Bertz CT molecular complexity index is 6460. The van der Waals surface area contributed by atoms with Gasteiger partial charge < -0.3 is 67.6 Å². The summed E-state index contributed by atoms with van der Waals surface area (Å²) in [6.45, 7) is 12.1. The quantitative estimate of drug-likeness (QED) is 0.122. The molecule has 4 amide bonds. The first-order valence-corrected chi connectivity index (χ1v) is 43.0. The number of hydrogen-bond acceptors (Lipinski definition) is 17. The van der Waals surface area contributed by atoms with Crippen LogP contribution in [0.25, 0.3) is 50.4 Å². The standard InChI is InChI=1S/C26H23N3O5.C25H24N4O3.C25H27N3O3.C24H25N3O3.2H2/c1-17-14-18(6-8-21(17)33-16-24(30)31)25(32)28-12-10-26(11-13-28)23-9-7-19(15-27)29(23)20-4-2-3-5-22(20)34-26;1-28-23-16-6-3-4-8-20(16)32-25(18(23)15-27-28)10-12-29(13-11-25)24(30)17-14-26-19-7-5-9-21(31-2)22(17)19;1-17(2)30-19-10-8-18(9-11-19)24(29)28-14-12-25(13-15-28)21-16-26-27(3)23(21)20-6-4-5-7-22(20)31-25;1-16-8-9-18(21(14-16)29-3)23(28)27-12-10-24(11-13-27)19-15-25-26(2)22(19)17-6-4-5-7-20(17)30-24;;/h2-9,14H,10-13,16H2,1H3,(H,30,31);3-9,14-15,26H,10-13H2,1-2H3;4-11,16-17H,12-15H2,1-3H3;4-9,14-15H,10-13H2,1-3H3;2*1H. The fraction of sp³-hybridized carbons (Fsp3) is 0.310. The summed E-state index contributed by atoms with van der Waals surface area (Å²) in [7, 11) is 9.15. The Morgan fingerprint density at radius 3 is 1.42 bits per heavy atom. The lowest BCUT2D eigenvalue weighted by Gasteiger charge is -2.45. The molecule has 27 nitrogen and oxygen atoms in total. The number of amides is 4. The molecule has 127 heavy (non-hydrogen) atoms. The zero-order chi connectivity index (χ0) is 88.2. The maximum absolute atomic E-state index is 13.5. The number of H-pyrrole nitrogens is 1. The highest BCUT2D eigenvalue weighted by Gasteiger charge is 2.51. The van der Waals surface area contributed by atoms with Crippen molar-refractivity contribution in [3.8, 4) is 91.5 Å². The number of carbonyl (C=O) groups excluding carboxylic acids is 4. The van der Waals surface area contributed by atoms with E-state index in [2.05, 4.69) is 44.5 Å². The summed E-state index contributed by atoms with van der Waals surface area (Å²) < 4.78 is 55.9. The van der Waals surface area contributed by atoms with E-state index in [4.69, 9.17) is 43.0 Å². The molecule has 2 N–H and O–H groups in total. The molecule has 0 bridgehead atoms. The molecule has 8 aliphatic heterocycles. The Hall–Kier alpha value is -14.6. The van der Waals surface area contributed by atoms with Gasteiger partial charge in [-0.25, -0.2) is 4.79 Å². The molecule has 13 aromatic rings. The van der Waals surface area contributed by atoms with Gasteiger partial charge in [0.05, 0.1) is 83.9 Å². The third-order valence-corrected chi connectivity index (χ3v) is 25.9. The highest BCUT2D eigenvalue weighted by molar-refractivity contribution is 6.09. The summed E-state index contributed by atoms with van der Waals surface area (Å²) in [5.74, 6) is 4.85. The number of methoxy groups -OCH3 is 2. The number of para-hydroxylation sites is 5. The number of aryl methyl sites for hydroxylation is 5. The topological polar surface area (TPSA) is 290 Å². The van der Waals surface area contributed by atoms with E-state index in [0.717, 1.165) is 133 Å². The number of aliphatic carboxylic acids is 1. The molecule has 4 saturated heterocycles. The zero-order valence-electron chi connectivity index (χ0n) is 72.4. The van der Waals surface area contributed by atoms with Crippen molar-refractivity contribution in [2.75, 3.05) is 73.2 Å². The second-order valence-electron chi connectivity index (χ2n) is 33.8. The minimum atomic E-state index is -1.05. The second kappa shape index (κ2) is 33.8. The summed E-state index contributed by atoms with van der Waals surface area (Å²) in [5.41, 5.74) is 15.4. The number of aromatic nitrogens is 8. The highest BCUT2D eigenvalue weighted by Crippen LogP contribution is 2.54. The molecule has 27 heteroatoms. The zero-order valence-corrected chi connectivity index (χ0v) is 72.4. The van der Waals surface area contributed by atoms with E-state index in [1.165, 1.54) is 0 Å². The van der Waals surface area contributed by atoms with Gasteiger partial charge in [0.25, 0.3) is 23.6 Å². The number of rotatable bonds is 11. The largest absolute Gasteiger partial charge is 0.496 e. The molecule has 4 spiro atoms. The molecular formula is C100H103N13O14. The molecule has 0 atom stereocenters. The Morgan fingerprint density at radius 1 is 0.488 bits per heavy atom. The fourth-order valence-electron chi connectivity index (χ4n) is 19.4. The highest BCUT2D eigenvalue weighted by atomic mass is 16.5. The summed E-state index contributed by atoms with van der Waals surface area (Å²) in [5, 5.41) is 32.8. The van der Waals surface area contributed by atoms with Crippen LogP contribution in [0.4, 0.5) is 0 Å². The van der Waals surface area contributed by atoms with Gasteiger partial charge in [-0.05, 0) is 166 Å². The van der Waals surface area contributed by atoms with Crippen LogP contribution in [0.15, 0.2) is 213 Å². The normalized spacial score (nSPS) is 16.3. The van der Waals surface area contributed by atoms with E-state index in [-0.39, 0.29) is 32.6 Å². The molecule has 4 fully saturated rings. The number of likely N-dealkylation sites (tertiary alicyclic amines) is 4. The molecule has 13 heterocycles. The number of carboxylic acids is 1. The number of benzene rings is 8. The van der Waals surface area contributed by atoms with Crippen molar-refractivity contribution in [3.05, 3.63) is 274 Å². The van der Waals surface area contributed by atoms with Crippen molar-refractivity contribution in [1.82, 2.24) is 58.5 Å². The van der Waals surface area contributed by atoms with E-state index in [1.54, 1.807) is 50.4 Å². The van der Waals surface area contributed by atoms with Crippen molar-refractivity contribution in [2.45, 2.75) is 108 Å². The van der Waals surface area contributed by atoms with Gasteiger partial charge in [-0.2, -0.15) is 20.6 Å². The monoisotopic (exact) mass is 1710 g/mol. The van der Waals surface area contributed by atoms with Crippen LogP contribution in [-0.2, 0) is 48.3 Å². The predicted molar refractivity (Wildman–Crippen MR) is 480 cm³/mol. The molecule has 0 unspecified atom stereocenters. The first kappa shape index (κ1) is 83.4. The molecular weight excluding hydrogens is 1610 g/mol. The predicted octanol–water partition coefficient (Wildman–Crippen LogP) is 16.6. The van der Waals surface area contributed by atoms with Crippen LogP contribution in [0, 0.1) is 25.2 Å². The number of ether oxygens (including phenoxy) is 8. The molecule has 5 aromatic heterocycles. The average molecular weight is 1710 g/mol. The van der Waals surface area contributed by atoms with E-state index >= 15 is 0 Å². The minimum Gasteiger partial charge on any atom is -0.496 e. The van der Waals surface area contributed by atoms with E-state index in [9.17, 15) is 29.2 Å². The third-order valence-electron chi connectivity index (χ3n) is 25.9. The Labute approximate surface area is 738 Å². The Balaban J connectivity index is 0.000000126. The SMILES string of the molecule is CC(C)Oc1ccc(C(=O)N2CCC3(CC2)Oc2ccccc2-c2c3cnn2C)cc1.COc1cc(C)ccc1C(=O)N1CCC2(CC1)Oc1ccccc1-c1c2cnn1C.COc1cccc2[nH]cc(C(=O)N3CCC4(CC3)Oc3ccccc3-c3c4cnn3C)c12.Cc1cc(C(=O)N2CCC3(CC2)Oc2ccccc2-n2c(C#N)ccc23)ccc1OCC(=O)O.[HH].[HH]. The van der Waals surface area contributed by atoms with Gasteiger partial charge in [0.15, 0.2) is 12.2 Å². The molecule has 8 aromatic carbocycles. The lowest BCUT2D eigenvalue weighted by molar-refractivity contribution is -0.139. The van der Waals surface area contributed by atoms with Gasteiger partial charge >= 0.3 is 5.97 Å². The fourth-order valence-corrected chi connectivity index (χ4v) is 19.4. The summed E-state index contributed by atoms with van der Waals surface area (Å²) in [6, 6.07) is 62.0. The third kappa shape index (κ3) is 15.3. The smallest absolute Gasteiger partial charge is 0.341 e. The van der Waals surface area contributed by atoms with Crippen molar-refractivity contribution < 1.29 is 69.8 Å². The first-order chi connectivity index (χ1) is 61.5. The van der Waals surface area contributed by atoms with Gasteiger partial charge in [-0.15, -0.1) is 0 Å². The van der Waals surface area contributed by atoms with Crippen molar-refractivity contribution in [2.24, 2.45) is 21.1 Å². The van der Waals surface area contributed by atoms with Crippen molar-refractivity contribution in [3.63, 3.8) is 0 Å². The van der Waals surface area contributed by atoms with Gasteiger partial charge in [0, 0.05) is 184 Å². The molecule has 0 aliphatic carbocycles. The van der Waals surface area contributed by atoms with Crippen LogP contribution in [0.1, 0.15) is 149 Å². The van der Waals surface area contributed by atoms with Crippen LogP contribution in [0.2, 0.25) is 0 Å². The van der Waals surface area contributed by atoms with E-state index in [1.807, 2.05) is 245 Å². The summed E-state index contributed by atoms with van der Waals surface area (Å²) in [6.07, 6.45) is 13.2. The Kier molecular flexibility index (Phi) is 22.2. The maximum Gasteiger partial charge on any atom is 0.341 e. The van der Waals surface area contributed by atoms with Crippen LogP contribution in [0.3, 0.4) is 0 Å². The number of piperidine rings is 4. The second-order valence-corrected chi connectivity index (χ2v) is 33.8. The molecule has 0 radical (unpaired) electrons. The number of fused-ring (bicyclic) bond motifs is 17.